The molecule has 0 amide bonds. The molecule has 9 heteroatoms. The van der Waals surface area contributed by atoms with Crippen LogP contribution in [0.15, 0.2) is 16.6 Å². The molecule has 0 spiro atoms. The van der Waals surface area contributed by atoms with Gasteiger partial charge in [0.25, 0.3) is 5.69 Å². The van der Waals surface area contributed by atoms with Crippen molar-refractivity contribution in [3.63, 3.8) is 0 Å². The maximum Gasteiger partial charge on any atom is 0.417 e. The summed E-state index contributed by atoms with van der Waals surface area (Å²) in [6, 6.07) is 1.57. The van der Waals surface area contributed by atoms with Crippen molar-refractivity contribution in [2.75, 3.05) is 18.0 Å². The molecule has 0 saturated carbocycles. The first-order valence-corrected chi connectivity index (χ1v) is 5.97. The molecule has 1 aliphatic heterocycles. The second-order valence-electron chi connectivity index (χ2n) is 4.13. The molecule has 5 nitrogen and oxygen atoms in total. The second kappa shape index (κ2) is 4.64. The Hall–Kier alpha value is -1.35. The average Bonchev–Trinajstić information content (AvgIpc) is 2.22. The van der Waals surface area contributed by atoms with Gasteiger partial charge >= 0.3 is 6.18 Å². The number of hydrogen-bond donors (Lipinski definition) is 1. The highest BCUT2D eigenvalue weighted by atomic mass is 79.9. The van der Waals surface area contributed by atoms with Gasteiger partial charge in [0.1, 0.15) is 5.69 Å². The van der Waals surface area contributed by atoms with Crippen LogP contribution >= 0.6 is 15.9 Å². The minimum atomic E-state index is -4.67. The van der Waals surface area contributed by atoms with Gasteiger partial charge in [-0.2, -0.15) is 13.2 Å². The fraction of sp³-hybridized carbons (Fsp3) is 0.400. The first kappa shape index (κ1) is 14.1. The van der Waals surface area contributed by atoms with E-state index in [4.69, 9.17) is 5.11 Å². The van der Waals surface area contributed by atoms with Gasteiger partial charge < -0.3 is 10.0 Å². The summed E-state index contributed by atoms with van der Waals surface area (Å²) in [6.45, 7) is 0.331. The Morgan fingerprint density at radius 3 is 2.42 bits per heavy atom. The van der Waals surface area contributed by atoms with Crippen LogP contribution in [0.1, 0.15) is 5.56 Å². The molecule has 1 N–H and O–H groups in total. The molecule has 0 radical (unpaired) electrons. The highest BCUT2D eigenvalue weighted by Crippen LogP contribution is 2.42. The number of halogens is 4. The normalized spacial score (nSPS) is 16.4. The molecule has 1 fully saturated rings. The van der Waals surface area contributed by atoms with Crippen LogP contribution < -0.4 is 4.90 Å². The van der Waals surface area contributed by atoms with Crippen molar-refractivity contribution >= 4 is 27.3 Å². The maximum atomic E-state index is 12.7. The molecule has 104 valence electrons. The highest BCUT2D eigenvalue weighted by Gasteiger charge is 2.38. The molecular weight excluding hydrogens is 333 g/mol. The van der Waals surface area contributed by atoms with Crippen LogP contribution in [-0.4, -0.2) is 29.2 Å². The lowest BCUT2D eigenvalue weighted by Gasteiger charge is -2.37. The van der Waals surface area contributed by atoms with Crippen molar-refractivity contribution in [3.05, 3.63) is 32.3 Å². The van der Waals surface area contributed by atoms with Crippen molar-refractivity contribution in [1.29, 1.82) is 0 Å². The minimum Gasteiger partial charge on any atom is -0.389 e. The molecule has 19 heavy (non-hydrogen) atoms. The van der Waals surface area contributed by atoms with E-state index in [0.29, 0.717) is 6.07 Å². The quantitative estimate of drug-likeness (QED) is 0.663. The third-order valence-corrected chi connectivity index (χ3v) is 3.43. The SMILES string of the molecule is O=[N+]([O-])c1cc(C(F)(F)F)c(Br)cc1N1CC(O)C1. The summed E-state index contributed by atoms with van der Waals surface area (Å²) in [7, 11) is 0. The van der Waals surface area contributed by atoms with Gasteiger partial charge in [-0.05, 0) is 6.07 Å². The molecule has 1 heterocycles. The van der Waals surface area contributed by atoms with E-state index in [9.17, 15) is 23.3 Å². The smallest absolute Gasteiger partial charge is 0.389 e. The molecule has 1 aliphatic rings. The van der Waals surface area contributed by atoms with Crippen molar-refractivity contribution in [2.45, 2.75) is 12.3 Å². The molecule has 0 aliphatic carbocycles. The molecule has 0 aromatic heterocycles. The molecule has 1 aromatic carbocycles. The van der Waals surface area contributed by atoms with E-state index in [1.807, 2.05) is 0 Å². The summed E-state index contributed by atoms with van der Waals surface area (Å²) >= 11 is 2.77. The number of rotatable bonds is 2. The Bertz CT molecular complexity index is 529. The standard InChI is InChI=1S/C10H8BrF3N2O3/c11-7-2-8(15-3-5(17)4-15)9(16(18)19)1-6(7)10(12,13)14/h1-2,5,17H,3-4H2. The van der Waals surface area contributed by atoms with E-state index >= 15 is 0 Å². The Labute approximate surface area is 113 Å². The summed E-state index contributed by atoms with van der Waals surface area (Å²) in [5.41, 5.74) is -1.65. The number of nitro benzene ring substituents is 1. The molecule has 1 aromatic rings. The predicted octanol–water partition coefficient (Wildman–Crippen LogP) is 2.56. The molecule has 0 bridgehead atoms. The third-order valence-electron chi connectivity index (χ3n) is 2.77. The van der Waals surface area contributed by atoms with Crippen LogP contribution in [-0.2, 0) is 6.18 Å². The van der Waals surface area contributed by atoms with Gasteiger partial charge in [-0.1, -0.05) is 15.9 Å². The number of aliphatic hydroxyl groups excluding tert-OH is 1. The number of nitro groups is 1. The summed E-state index contributed by atoms with van der Waals surface area (Å²) in [6.07, 6.45) is -5.28. The summed E-state index contributed by atoms with van der Waals surface area (Å²) in [5.74, 6) is 0. The summed E-state index contributed by atoms with van der Waals surface area (Å²) < 4.78 is 37.8. The fourth-order valence-corrected chi connectivity index (χ4v) is 2.38. The Morgan fingerprint density at radius 2 is 2.00 bits per heavy atom. The number of benzene rings is 1. The molecular formula is C10H8BrF3N2O3. The fourth-order valence-electron chi connectivity index (χ4n) is 1.82. The van der Waals surface area contributed by atoms with Crippen LogP contribution in [0.5, 0.6) is 0 Å². The second-order valence-corrected chi connectivity index (χ2v) is 4.99. The number of hydrogen-bond acceptors (Lipinski definition) is 4. The van der Waals surface area contributed by atoms with Crippen molar-refractivity contribution < 1.29 is 23.2 Å². The predicted molar refractivity (Wildman–Crippen MR) is 64.0 cm³/mol. The zero-order valence-electron chi connectivity index (χ0n) is 9.32. The number of anilines is 1. The first-order valence-electron chi connectivity index (χ1n) is 5.18. The van der Waals surface area contributed by atoms with Crippen molar-refractivity contribution in [1.82, 2.24) is 0 Å². The summed E-state index contributed by atoms with van der Waals surface area (Å²) in [4.78, 5) is 11.5. The number of aliphatic hydroxyl groups is 1. The van der Waals surface area contributed by atoms with Crippen molar-refractivity contribution in [3.8, 4) is 0 Å². The lowest BCUT2D eigenvalue weighted by atomic mass is 10.1. The van der Waals surface area contributed by atoms with Gasteiger partial charge in [-0.25, -0.2) is 0 Å². The van der Waals surface area contributed by atoms with Gasteiger partial charge in [0, 0.05) is 23.6 Å². The van der Waals surface area contributed by atoms with Crippen molar-refractivity contribution in [2.24, 2.45) is 0 Å². The van der Waals surface area contributed by atoms with Gasteiger partial charge in [0.2, 0.25) is 0 Å². The van der Waals surface area contributed by atoms with Gasteiger partial charge in [0.05, 0.1) is 16.6 Å². The largest absolute Gasteiger partial charge is 0.417 e. The third kappa shape index (κ3) is 2.66. The minimum absolute atomic E-state index is 0.0650. The lowest BCUT2D eigenvalue weighted by molar-refractivity contribution is -0.384. The first-order chi connectivity index (χ1) is 8.70. The topological polar surface area (TPSA) is 66.6 Å². The molecule has 0 atom stereocenters. The van der Waals surface area contributed by atoms with E-state index in [1.165, 1.54) is 4.90 Å². The van der Waals surface area contributed by atoms with E-state index in [-0.39, 0.29) is 23.2 Å². The zero-order valence-corrected chi connectivity index (χ0v) is 10.9. The zero-order chi connectivity index (χ0) is 14.4. The lowest BCUT2D eigenvalue weighted by Crippen LogP contribution is -2.51. The number of β-amino-alcohol motifs (C(OH)–C–C–N with tert-alkyl or cyclic N) is 1. The van der Waals surface area contributed by atoms with Gasteiger partial charge in [-0.15, -0.1) is 0 Å². The van der Waals surface area contributed by atoms with Crippen LogP contribution in [0.25, 0.3) is 0 Å². The molecule has 0 unspecified atom stereocenters. The van der Waals surface area contributed by atoms with E-state index in [1.54, 1.807) is 0 Å². The van der Waals surface area contributed by atoms with Crippen LogP contribution in [0.3, 0.4) is 0 Å². The van der Waals surface area contributed by atoms with Crippen LogP contribution in [0, 0.1) is 10.1 Å². The molecule has 2 rings (SSSR count). The molecule has 1 saturated heterocycles. The average molecular weight is 341 g/mol. The van der Waals surface area contributed by atoms with Gasteiger partial charge in [0.15, 0.2) is 0 Å². The van der Waals surface area contributed by atoms with Gasteiger partial charge in [-0.3, -0.25) is 10.1 Å². The van der Waals surface area contributed by atoms with Crippen LogP contribution in [0.4, 0.5) is 24.5 Å². The monoisotopic (exact) mass is 340 g/mol. The Morgan fingerprint density at radius 1 is 1.42 bits per heavy atom. The van der Waals surface area contributed by atoms with Crippen LogP contribution in [0.2, 0.25) is 0 Å². The maximum absolute atomic E-state index is 12.7. The number of nitrogens with zero attached hydrogens (tertiary/aromatic N) is 2. The Kier molecular flexibility index (Phi) is 3.43. The van der Waals surface area contributed by atoms with E-state index in [2.05, 4.69) is 15.9 Å². The highest BCUT2D eigenvalue weighted by molar-refractivity contribution is 9.10. The number of alkyl halides is 3. The van der Waals surface area contributed by atoms with E-state index in [0.717, 1.165) is 6.07 Å². The van der Waals surface area contributed by atoms with E-state index < -0.39 is 28.5 Å². The Balaban J connectivity index is 2.50. The summed E-state index contributed by atoms with van der Waals surface area (Å²) in [5, 5.41) is 20.0.